The average Bonchev–Trinajstić information content (AvgIpc) is 3.26. The van der Waals surface area contributed by atoms with Gasteiger partial charge in [0.25, 0.3) is 0 Å². The number of nitrogens with one attached hydrogen (secondary N) is 1. The molecule has 0 aromatic heterocycles. The summed E-state index contributed by atoms with van der Waals surface area (Å²) in [6.45, 7) is 6.15. The van der Waals surface area contributed by atoms with Crippen LogP contribution in [0.15, 0.2) is 109 Å². The van der Waals surface area contributed by atoms with Gasteiger partial charge in [-0.2, -0.15) is 0 Å². The lowest BCUT2D eigenvalue weighted by molar-refractivity contribution is 0.118. The van der Waals surface area contributed by atoms with E-state index in [1.165, 1.54) is 27.8 Å². The minimum atomic E-state index is -0.443. The maximum Gasteiger partial charge on any atom is 0.493 e. The van der Waals surface area contributed by atoms with Crippen molar-refractivity contribution in [1.29, 1.82) is 0 Å². The van der Waals surface area contributed by atoms with Gasteiger partial charge in [0.2, 0.25) is 0 Å². The number of fused-ring (bicyclic) bond motifs is 1. The summed E-state index contributed by atoms with van der Waals surface area (Å²) in [7, 11) is -0.320. The highest BCUT2D eigenvalue weighted by Crippen LogP contribution is 2.50. The molecule has 186 valence electrons. The van der Waals surface area contributed by atoms with Crippen molar-refractivity contribution in [2.24, 2.45) is 0 Å². The fraction of sp³-hybridized carbons (Fsp3) is 0.250. The molecular weight excluding hydrogens is 455 g/mol. The number of rotatable bonds is 5. The first kappa shape index (κ1) is 24.1. The molecule has 0 bridgehead atoms. The molecule has 2 heterocycles. The predicted molar refractivity (Wildman–Crippen MR) is 150 cm³/mol. The van der Waals surface area contributed by atoms with Crippen molar-refractivity contribution >= 4 is 12.6 Å². The van der Waals surface area contributed by atoms with Crippen LogP contribution in [-0.4, -0.2) is 38.3 Å². The predicted octanol–water partition coefficient (Wildman–Crippen LogP) is 4.89. The fourth-order valence-corrected chi connectivity index (χ4v) is 6.09. The van der Waals surface area contributed by atoms with Crippen molar-refractivity contribution in [3.63, 3.8) is 0 Å². The zero-order valence-corrected chi connectivity index (χ0v) is 21.3. The summed E-state index contributed by atoms with van der Waals surface area (Å²) >= 11 is 0. The summed E-state index contributed by atoms with van der Waals surface area (Å²) in [5, 5.41) is 3.32. The van der Waals surface area contributed by atoms with Crippen LogP contribution in [0, 0.1) is 0 Å². The second kappa shape index (κ2) is 10.6. The molecule has 0 aliphatic carbocycles. The van der Waals surface area contributed by atoms with E-state index in [4.69, 9.17) is 9.31 Å². The average molecular weight is 488 g/mol. The third-order valence-corrected chi connectivity index (χ3v) is 7.80. The fourth-order valence-electron chi connectivity index (χ4n) is 6.09. The molecule has 1 saturated heterocycles. The zero-order chi connectivity index (χ0) is 25.1. The van der Waals surface area contributed by atoms with Gasteiger partial charge in [0.1, 0.15) is 0 Å². The Morgan fingerprint density at radius 1 is 0.730 bits per heavy atom. The topological polar surface area (TPSA) is 33.7 Å². The Bertz CT molecular complexity index is 1210. The maximum absolute atomic E-state index is 6.06. The van der Waals surface area contributed by atoms with E-state index in [1.807, 2.05) is 0 Å². The Morgan fingerprint density at radius 3 is 1.76 bits per heavy atom. The van der Waals surface area contributed by atoms with Crippen molar-refractivity contribution in [3.8, 4) is 0 Å². The molecule has 37 heavy (non-hydrogen) atoms. The van der Waals surface area contributed by atoms with Gasteiger partial charge < -0.3 is 14.6 Å². The van der Waals surface area contributed by atoms with E-state index in [0.29, 0.717) is 13.2 Å². The zero-order valence-electron chi connectivity index (χ0n) is 21.3. The van der Waals surface area contributed by atoms with Crippen LogP contribution in [0.2, 0.25) is 0 Å². The second-order valence-electron chi connectivity index (χ2n) is 9.89. The monoisotopic (exact) mass is 488 g/mol. The molecule has 0 spiro atoms. The lowest BCUT2D eigenvalue weighted by Gasteiger charge is -2.46. The lowest BCUT2D eigenvalue weighted by Crippen LogP contribution is -2.46. The van der Waals surface area contributed by atoms with Gasteiger partial charge in [-0.1, -0.05) is 109 Å². The van der Waals surface area contributed by atoms with Crippen LogP contribution < -0.4 is 10.8 Å². The molecule has 4 aromatic carbocycles. The van der Waals surface area contributed by atoms with Crippen LogP contribution in [0.25, 0.3) is 0 Å². The molecule has 2 aliphatic heterocycles. The summed E-state index contributed by atoms with van der Waals surface area (Å²) < 4.78 is 12.1. The number of benzene rings is 4. The van der Waals surface area contributed by atoms with Gasteiger partial charge in [-0.05, 0) is 40.2 Å². The Hall–Kier alpha value is -3.22. The molecule has 0 radical (unpaired) electrons. The molecule has 5 heteroatoms. The van der Waals surface area contributed by atoms with Crippen LogP contribution in [-0.2, 0) is 21.4 Å². The van der Waals surface area contributed by atoms with Gasteiger partial charge in [0, 0.05) is 38.9 Å². The molecular formula is C32H33BN2O2. The van der Waals surface area contributed by atoms with Crippen molar-refractivity contribution in [1.82, 2.24) is 10.2 Å². The van der Waals surface area contributed by atoms with E-state index in [1.54, 1.807) is 0 Å². The van der Waals surface area contributed by atoms with Crippen LogP contribution in [0.3, 0.4) is 0 Å². The van der Waals surface area contributed by atoms with Crippen molar-refractivity contribution < 1.29 is 9.31 Å². The molecule has 2 aliphatic rings. The smallest absolute Gasteiger partial charge is 0.406 e. The molecule has 4 aromatic rings. The standard InChI is InChI=1S/C32H33BN2O2/c1-25-31-18-17-30(33-36-21-19-34-20-22-37-33)23-26(31)24-35(25)32(27-11-5-2-6-12-27,28-13-7-3-8-14-28)29-15-9-4-10-16-29/h2-18,23,25,34H,19-22,24H2,1H3/t25-/m1/s1. The lowest BCUT2D eigenvalue weighted by atomic mass is 9.75. The van der Waals surface area contributed by atoms with E-state index >= 15 is 0 Å². The summed E-state index contributed by atoms with van der Waals surface area (Å²) in [6, 6.07) is 39.8. The number of hydrogen-bond acceptors (Lipinski definition) is 4. The van der Waals surface area contributed by atoms with Crippen LogP contribution >= 0.6 is 0 Å². The Labute approximate surface area is 220 Å². The number of nitrogens with zero attached hydrogens (tertiary/aromatic N) is 1. The largest absolute Gasteiger partial charge is 0.493 e. The van der Waals surface area contributed by atoms with E-state index in [9.17, 15) is 0 Å². The molecule has 4 nitrogen and oxygen atoms in total. The third kappa shape index (κ3) is 4.43. The van der Waals surface area contributed by atoms with Crippen molar-refractivity contribution in [3.05, 3.63) is 137 Å². The van der Waals surface area contributed by atoms with Gasteiger partial charge >= 0.3 is 7.12 Å². The normalized spacial score (nSPS) is 18.7. The summed E-state index contributed by atoms with van der Waals surface area (Å²) in [6.07, 6.45) is 0. The van der Waals surface area contributed by atoms with E-state index < -0.39 is 5.54 Å². The molecule has 6 rings (SSSR count). The van der Waals surface area contributed by atoms with Gasteiger partial charge in [-0.25, -0.2) is 0 Å². The first-order valence-electron chi connectivity index (χ1n) is 13.3. The SMILES string of the molecule is C[C@@H]1c2ccc(B3OCCNCCO3)cc2CN1C(c1ccccc1)(c1ccccc1)c1ccccc1. The highest BCUT2D eigenvalue weighted by atomic mass is 16.6. The molecule has 1 fully saturated rings. The Morgan fingerprint density at radius 2 is 1.24 bits per heavy atom. The van der Waals surface area contributed by atoms with Crippen molar-refractivity contribution in [2.45, 2.75) is 25.0 Å². The highest BCUT2D eigenvalue weighted by Gasteiger charge is 2.47. The quantitative estimate of drug-likeness (QED) is 0.321. The Kier molecular flexibility index (Phi) is 6.94. The van der Waals surface area contributed by atoms with Gasteiger partial charge in [-0.15, -0.1) is 0 Å². The molecule has 0 unspecified atom stereocenters. The van der Waals surface area contributed by atoms with Gasteiger partial charge in [0.15, 0.2) is 0 Å². The van der Waals surface area contributed by atoms with Crippen LogP contribution in [0.1, 0.15) is 40.8 Å². The van der Waals surface area contributed by atoms with E-state index in [2.05, 4.69) is 126 Å². The number of hydrogen-bond donors (Lipinski definition) is 1. The summed E-state index contributed by atoms with van der Waals surface area (Å²) in [4.78, 5) is 2.66. The maximum atomic E-state index is 6.06. The molecule has 1 atom stereocenters. The van der Waals surface area contributed by atoms with Crippen LogP contribution in [0.5, 0.6) is 0 Å². The van der Waals surface area contributed by atoms with E-state index in [-0.39, 0.29) is 13.2 Å². The minimum absolute atomic E-state index is 0.216. The molecule has 1 N–H and O–H groups in total. The first-order chi connectivity index (χ1) is 18.3. The third-order valence-electron chi connectivity index (χ3n) is 7.80. The molecule has 0 saturated carbocycles. The minimum Gasteiger partial charge on any atom is -0.406 e. The first-order valence-corrected chi connectivity index (χ1v) is 13.3. The van der Waals surface area contributed by atoms with Gasteiger partial charge in [-0.3, -0.25) is 4.90 Å². The van der Waals surface area contributed by atoms with Crippen LogP contribution in [0.4, 0.5) is 0 Å². The molecule has 0 amide bonds. The highest BCUT2D eigenvalue weighted by molar-refractivity contribution is 6.61. The van der Waals surface area contributed by atoms with E-state index in [0.717, 1.165) is 25.1 Å². The van der Waals surface area contributed by atoms with Crippen molar-refractivity contribution in [2.75, 3.05) is 26.3 Å². The Balaban J connectivity index is 1.47. The second-order valence-corrected chi connectivity index (χ2v) is 9.89. The van der Waals surface area contributed by atoms with Gasteiger partial charge in [0.05, 0.1) is 5.54 Å². The summed E-state index contributed by atoms with van der Waals surface area (Å²) in [5.74, 6) is 0. The summed E-state index contributed by atoms with van der Waals surface area (Å²) in [5.41, 5.74) is 7.16.